The minimum Gasteiger partial charge on any atom is -0.396 e. The predicted octanol–water partition coefficient (Wildman–Crippen LogP) is -1.85. The van der Waals surface area contributed by atoms with Crippen molar-refractivity contribution in [3.8, 4) is 0 Å². The Morgan fingerprint density at radius 1 is 1.44 bits per heavy atom. The molecular formula is C8H17NO6S. The van der Waals surface area contributed by atoms with Crippen molar-refractivity contribution in [1.29, 1.82) is 0 Å². The number of ketones is 1. The molecule has 0 aliphatic heterocycles. The molecule has 0 aromatic heterocycles. The number of rotatable bonds is 6. The first-order valence-corrected chi connectivity index (χ1v) is 6.07. The smallest absolute Gasteiger partial charge is 0.276 e. The molecule has 8 heteroatoms. The Morgan fingerprint density at radius 3 is 2.12 bits per heavy atom. The van der Waals surface area contributed by atoms with Gasteiger partial charge in [0.05, 0.1) is 6.61 Å². The molecule has 0 unspecified atom stereocenters. The molecule has 0 radical (unpaired) electrons. The number of Topliss-reactive ketones (excluding diaryl/α,β-unsaturated/α-hetero) is 1. The molecule has 0 heterocycles. The summed E-state index contributed by atoms with van der Waals surface area (Å²) in [6, 6.07) is 0. The van der Waals surface area contributed by atoms with Gasteiger partial charge in [-0.2, -0.15) is 8.42 Å². The van der Waals surface area contributed by atoms with Crippen molar-refractivity contribution in [2.24, 2.45) is 11.1 Å². The van der Waals surface area contributed by atoms with Crippen LogP contribution in [-0.2, 0) is 14.9 Å². The van der Waals surface area contributed by atoms with Crippen molar-refractivity contribution in [3.63, 3.8) is 0 Å². The maximum absolute atomic E-state index is 11.5. The Kier molecular flexibility index (Phi) is 5.02. The van der Waals surface area contributed by atoms with Crippen molar-refractivity contribution < 1.29 is 28.0 Å². The molecule has 5 N–H and O–H groups in total. The highest BCUT2D eigenvalue weighted by Gasteiger charge is 2.40. The zero-order valence-electron chi connectivity index (χ0n) is 9.12. The molecule has 0 aromatic rings. The molecule has 2 atom stereocenters. The van der Waals surface area contributed by atoms with Crippen molar-refractivity contribution in [3.05, 3.63) is 0 Å². The van der Waals surface area contributed by atoms with Gasteiger partial charge in [-0.05, 0) is 0 Å². The van der Waals surface area contributed by atoms with Gasteiger partial charge < -0.3 is 15.9 Å². The Hall–Kier alpha value is -0.540. The zero-order valence-corrected chi connectivity index (χ0v) is 9.94. The van der Waals surface area contributed by atoms with E-state index >= 15 is 0 Å². The first-order valence-electron chi connectivity index (χ1n) is 4.57. The van der Waals surface area contributed by atoms with E-state index in [0.717, 1.165) is 0 Å². The molecule has 0 saturated heterocycles. The van der Waals surface area contributed by atoms with Gasteiger partial charge in [-0.1, -0.05) is 13.8 Å². The first kappa shape index (κ1) is 15.5. The maximum atomic E-state index is 11.5. The average molecular weight is 255 g/mol. The lowest BCUT2D eigenvalue weighted by Gasteiger charge is -2.28. The van der Waals surface area contributed by atoms with E-state index in [1.165, 1.54) is 13.8 Å². The summed E-state index contributed by atoms with van der Waals surface area (Å²) in [6.45, 7) is 1.62. The maximum Gasteiger partial charge on any atom is 0.276 e. The van der Waals surface area contributed by atoms with E-state index in [1.807, 2.05) is 0 Å². The van der Waals surface area contributed by atoms with Crippen LogP contribution < -0.4 is 5.73 Å². The third-order valence-electron chi connectivity index (χ3n) is 2.31. The molecule has 0 amide bonds. The Balaban J connectivity index is 5.06. The fraction of sp³-hybridized carbons (Fsp3) is 0.875. The third-order valence-corrected chi connectivity index (χ3v) is 3.45. The third kappa shape index (κ3) is 3.49. The van der Waals surface area contributed by atoms with Crippen molar-refractivity contribution in [2.45, 2.75) is 25.2 Å². The van der Waals surface area contributed by atoms with Crippen LogP contribution in [0.3, 0.4) is 0 Å². The Bertz CT molecular complexity index is 350. The summed E-state index contributed by atoms with van der Waals surface area (Å²) in [5.74, 6) is -1.12. The van der Waals surface area contributed by atoms with Gasteiger partial charge in [0.15, 0.2) is 11.0 Å². The Morgan fingerprint density at radius 2 is 1.88 bits per heavy atom. The Labute approximate surface area is 94.0 Å². The van der Waals surface area contributed by atoms with Gasteiger partial charge in [0.2, 0.25) is 0 Å². The van der Waals surface area contributed by atoms with Crippen LogP contribution in [0, 0.1) is 5.41 Å². The lowest BCUT2D eigenvalue weighted by Crippen LogP contribution is -2.49. The first-order chi connectivity index (χ1) is 7.07. The number of aliphatic hydroxyl groups is 2. The van der Waals surface area contributed by atoms with Gasteiger partial charge in [-0.25, -0.2) is 0 Å². The molecule has 0 aliphatic rings. The van der Waals surface area contributed by atoms with E-state index in [1.54, 1.807) is 0 Å². The summed E-state index contributed by atoms with van der Waals surface area (Å²) in [4.78, 5) is 11.5. The van der Waals surface area contributed by atoms with Crippen LogP contribution in [0.2, 0.25) is 0 Å². The summed E-state index contributed by atoms with van der Waals surface area (Å²) in [5.41, 5.74) is 3.85. The van der Waals surface area contributed by atoms with Crippen LogP contribution in [0.4, 0.5) is 0 Å². The summed E-state index contributed by atoms with van der Waals surface area (Å²) in [7, 11) is -4.64. The van der Waals surface area contributed by atoms with Gasteiger partial charge in [0, 0.05) is 12.0 Å². The average Bonchev–Trinajstić information content (AvgIpc) is 2.15. The quantitative estimate of drug-likeness (QED) is 0.409. The van der Waals surface area contributed by atoms with Crippen LogP contribution in [0.25, 0.3) is 0 Å². The van der Waals surface area contributed by atoms with Gasteiger partial charge in [0.25, 0.3) is 10.1 Å². The van der Waals surface area contributed by atoms with Gasteiger partial charge >= 0.3 is 0 Å². The highest BCUT2D eigenvalue weighted by molar-refractivity contribution is 7.87. The summed E-state index contributed by atoms with van der Waals surface area (Å²) in [6.07, 6.45) is -1.71. The van der Waals surface area contributed by atoms with Gasteiger partial charge in [0.1, 0.15) is 6.10 Å². The predicted molar refractivity (Wildman–Crippen MR) is 56.3 cm³/mol. The van der Waals surface area contributed by atoms with Crippen LogP contribution in [0.5, 0.6) is 0 Å². The highest BCUT2D eigenvalue weighted by atomic mass is 32.2. The monoisotopic (exact) mass is 255 g/mol. The normalized spacial score (nSPS) is 16.9. The van der Waals surface area contributed by atoms with Crippen LogP contribution in [0.1, 0.15) is 13.8 Å². The molecule has 0 aromatic carbocycles. The van der Waals surface area contributed by atoms with Crippen molar-refractivity contribution in [1.82, 2.24) is 0 Å². The van der Waals surface area contributed by atoms with E-state index < -0.39 is 45.8 Å². The number of hydrogen-bond acceptors (Lipinski definition) is 6. The van der Waals surface area contributed by atoms with Crippen molar-refractivity contribution >= 4 is 15.9 Å². The zero-order chi connectivity index (χ0) is 13.1. The van der Waals surface area contributed by atoms with Crippen LogP contribution >= 0.6 is 0 Å². The fourth-order valence-corrected chi connectivity index (χ4v) is 1.70. The number of hydrogen-bond donors (Lipinski definition) is 4. The fourth-order valence-electron chi connectivity index (χ4n) is 1.03. The van der Waals surface area contributed by atoms with E-state index in [4.69, 9.17) is 15.4 Å². The molecule has 0 rings (SSSR count). The number of nitrogens with two attached hydrogens (primary N) is 1. The number of carbonyl (C=O) groups excluding carboxylic acids is 1. The van der Waals surface area contributed by atoms with Crippen molar-refractivity contribution in [2.75, 3.05) is 13.2 Å². The number of aliphatic hydroxyl groups excluding tert-OH is 2. The molecule has 0 aliphatic carbocycles. The number of carbonyl (C=O) groups is 1. The largest absolute Gasteiger partial charge is 0.396 e. The van der Waals surface area contributed by atoms with Crippen LogP contribution in [-0.4, -0.2) is 53.5 Å². The highest BCUT2D eigenvalue weighted by Crippen LogP contribution is 2.22. The standard InChI is InChI=1S/C8H17NO6S/c1-8(2,4-10)7(12)6(11)5(3-9)16(13,14)15/h5,7,10,12H,3-4,9H2,1-2H3,(H,13,14,15)/t5-,7-/m1/s1. The SMILES string of the molecule is CC(C)(CO)[C@H](O)C(=O)[C@@H](CN)S(=O)(=O)O. The molecule has 7 nitrogen and oxygen atoms in total. The second-order valence-corrected chi connectivity index (χ2v) is 5.79. The van der Waals surface area contributed by atoms with E-state index in [9.17, 15) is 18.3 Å². The molecule has 0 bridgehead atoms. The molecule has 0 fully saturated rings. The van der Waals surface area contributed by atoms with E-state index in [0.29, 0.717) is 0 Å². The van der Waals surface area contributed by atoms with Crippen LogP contribution in [0.15, 0.2) is 0 Å². The van der Waals surface area contributed by atoms with E-state index in [2.05, 4.69) is 0 Å². The minimum atomic E-state index is -4.64. The molecular weight excluding hydrogens is 238 g/mol. The second kappa shape index (κ2) is 5.19. The summed E-state index contributed by atoms with van der Waals surface area (Å²) < 4.78 is 30.3. The second-order valence-electron chi connectivity index (χ2n) is 4.19. The summed E-state index contributed by atoms with van der Waals surface area (Å²) in [5, 5.41) is 16.6. The lowest BCUT2D eigenvalue weighted by atomic mass is 9.84. The molecule has 0 saturated carbocycles. The van der Waals surface area contributed by atoms with Gasteiger partial charge in [-0.3, -0.25) is 9.35 Å². The molecule has 96 valence electrons. The topological polar surface area (TPSA) is 138 Å². The van der Waals surface area contributed by atoms with Gasteiger partial charge in [-0.15, -0.1) is 0 Å². The summed E-state index contributed by atoms with van der Waals surface area (Å²) >= 11 is 0. The molecule has 16 heavy (non-hydrogen) atoms. The molecule has 0 spiro atoms. The van der Waals surface area contributed by atoms with E-state index in [-0.39, 0.29) is 0 Å². The lowest BCUT2D eigenvalue weighted by molar-refractivity contribution is -0.134. The minimum absolute atomic E-state index is 0.511.